The van der Waals surface area contributed by atoms with Crippen molar-refractivity contribution in [2.45, 2.75) is 38.6 Å². The fraction of sp³-hybridized carbons (Fsp3) is 0.867. The molecule has 2 atom stereocenters. The zero-order valence-electron chi connectivity index (χ0n) is 12.9. The van der Waals surface area contributed by atoms with Crippen LogP contribution in [0.4, 0.5) is 0 Å². The Morgan fingerprint density at radius 1 is 1.14 bits per heavy atom. The number of carbonyl (C=O) groups is 2. The van der Waals surface area contributed by atoms with Gasteiger partial charge in [0.25, 0.3) is 0 Å². The second kappa shape index (κ2) is 8.03. The monoisotopic (exact) mass is 313 g/mol. The molecule has 2 N–H and O–H groups in total. The number of hydrogen-bond donors (Lipinski definition) is 1. The Kier molecular flexibility index (Phi) is 6.36. The lowest BCUT2D eigenvalue weighted by molar-refractivity contribution is -0.129. The molecule has 2 fully saturated rings. The lowest BCUT2D eigenvalue weighted by Gasteiger charge is -2.26. The first-order chi connectivity index (χ1) is 10.1. The molecule has 2 unspecified atom stereocenters. The average molecular weight is 313 g/mol. The standard InChI is InChI=1S/C15H27N3O2S/c1-12-7-13(8-16)9-18(12)15(20)11-21-10-14(19)17-5-3-2-4-6-17/h12-13H,2-11,16H2,1H3. The number of rotatable bonds is 5. The van der Waals surface area contributed by atoms with E-state index in [1.807, 2.05) is 9.80 Å². The van der Waals surface area contributed by atoms with Gasteiger partial charge in [0.1, 0.15) is 0 Å². The topological polar surface area (TPSA) is 66.6 Å². The minimum atomic E-state index is 0.148. The second-order valence-electron chi connectivity index (χ2n) is 6.17. The van der Waals surface area contributed by atoms with E-state index in [9.17, 15) is 9.59 Å². The maximum absolute atomic E-state index is 12.2. The summed E-state index contributed by atoms with van der Waals surface area (Å²) in [6.07, 6.45) is 4.45. The number of thioether (sulfide) groups is 1. The molecule has 0 spiro atoms. The number of amides is 2. The molecule has 6 heteroatoms. The highest BCUT2D eigenvalue weighted by Crippen LogP contribution is 2.23. The molecule has 21 heavy (non-hydrogen) atoms. The predicted octanol–water partition coefficient (Wildman–Crippen LogP) is 0.928. The quantitative estimate of drug-likeness (QED) is 0.820. The minimum absolute atomic E-state index is 0.148. The Balaban J connectivity index is 1.68. The first-order valence-corrected chi connectivity index (χ1v) is 9.12. The Hall–Kier alpha value is -0.750. The molecule has 0 saturated carbocycles. The second-order valence-corrected chi connectivity index (χ2v) is 7.15. The van der Waals surface area contributed by atoms with Crippen molar-refractivity contribution in [1.29, 1.82) is 0 Å². The van der Waals surface area contributed by atoms with Crippen LogP contribution in [0.25, 0.3) is 0 Å². The molecule has 0 aromatic carbocycles. The molecule has 2 rings (SSSR count). The number of carbonyl (C=O) groups excluding carboxylic acids is 2. The van der Waals surface area contributed by atoms with E-state index < -0.39 is 0 Å². The highest BCUT2D eigenvalue weighted by atomic mass is 32.2. The van der Waals surface area contributed by atoms with Crippen LogP contribution in [0.15, 0.2) is 0 Å². The Bertz CT molecular complexity index is 372. The fourth-order valence-corrected chi connectivity index (χ4v) is 4.00. The zero-order chi connectivity index (χ0) is 15.2. The Morgan fingerprint density at radius 3 is 2.43 bits per heavy atom. The van der Waals surface area contributed by atoms with Crippen LogP contribution < -0.4 is 5.73 Å². The smallest absolute Gasteiger partial charge is 0.232 e. The minimum Gasteiger partial charge on any atom is -0.342 e. The maximum atomic E-state index is 12.2. The number of hydrogen-bond acceptors (Lipinski definition) is 4. The van der Waals surface area contributed by atoms with Crippen molar-refractivity contribution in [1.82, 2.24) is 9.80 Å². The summed E-state index contributed by atoms with van der Waals surface area (Å²) >= 11 is 1.45. The van der Waals surface area contributed by atoms with Gasteiger partial charge in [-0.05, 0) is 45.1 Å². The van der Waals surface area contributed by atoms with Gasteiger partial charge < -0.3 is 15.5 Å². The van der Waals surface area contributed by atoms with E-state index in [2.05, 4.69) is 6.92 Å². The van der Waals surface area contributed by atoms with Gasteiger partial charge in [-0.2, -0.15) is 0 Å². The highest BCUT2D eigenvalue weighted by Gasteiger charge is 2.31. The molecule has 2 heterocycles. The molecule has 0 aromatic rings. The SMILES string of the molecule is CC1CC(CN)CN1C(=O)CSCC(=O)N1CCCCC1. The largest absolute Gasteiger partial charge is 0.342 e. The number of piperidine rings is 1. The third kappa shape index (κ3) is 4.61. The maximum Gasteiger partial charge on any atom is 0.232 e. The van der Waals surface area contributed by atoms with Crippen molar-refractivity contribution in [3.63, 3.8) is 0 Å². The van der Waals surface area contributed by atoms with Crippen molar-refractivity contribution in [2.75, 3.05) is 37.7 Å². The first-order valence-electron chi connectivity index (χ1n) is 7.97. The Labute approximate surface area is 131 Å². The third-order valence-corrected chi connectivity index (χ3v) is 5.38. The van der Waals surface area contributed by atoms with Crippen molar-refractivity contribution in [3.8, 4) is 0 Å². The van der Waals surface area contributed by atoms with Crippen LogP contribution in [0, 0.1) is 5.92 Å². The molecule has 5 nitrogen and oxygen atoms in total. The van der Waals surface area contributed by atoms with Crippen LogP contribution in [0.2, 0.25) is 0 Å². The van der Waals surface area contributed by atoms with Gasteiger partial charge in [0.2, 0.25) is 11.8 Å². The fourth-order valence-electron chi connectivity index (χ4n) is 3.20. The number of nitrogens with zero attached hydrogens (tertiary/aromatic N) is 2. The molecule has 2 saturated heterocycles. The molecule has 0 aliphatic carbocycles. The van der Waals surface area contributed by atoms with Crippen LogP contribution >= 0.6 is 11.8 Å². The van der Waals surface area contributed by atoms with Crippen LogP contribution in [0.3, 0.4) is 0 Å². The summed E-state index contributed by atoms with van der Waals surface area (Å²) in [7, 11) is 0. The van der Waals surface area contributed by atoms with Crippen LogP contribution in [0.5, 0.6) is 0 Å². The van der Waals surface area contributed by atoms with Gasteiger partial charge in [0, 0.05) is 25.7 Å². The molecule has 2 aliphatic rings. The normalized spacial score (nSPS) is 26.2. The lowest BCUT2D eigenvalue weighted by Crippen LogP contribution is -2.38. The summed E-state index contributed by atoms with van der Waals surface area (Å²) in [5.41, 5.74) is 5.69. The summed E-state index contributed by atoms with van der Waals surface area (Å²) in [5.74, 6) is 1.59. The van der Waals surface area contributed by atoms with Crippen molar-refractivity contribution in [3.05, 3.63) is 0 Å². The van der Waals surface area contributed by atoms with Crippen LogP contribution in [-0.4, -0.2) is 65.3 Å². The van der Waals surface area contributed by atoms with Gasteiger partial charge in [-0.3, -0.25) is 9.59 Å². The van der Waals surface area contributed by atoms with Gasteiger partial charge in [-0.15, -0.1) is 11.8 Å². The summed E-state index contributed by atoms with van der Waals surface area (Å²) in [4.78, 5) is 28.1. The Morgan fingerprint density at radius 2 is 1.81 bits per heavy atom. The molecule has 120 valence electrons. The summed E-state index contributed by atoms with van der Waals surface area (Å²) in [6, 6.07) is 0.282. The van der Waals surface area contributed by atoms with E-state index in [-0.39, 0.29) is 17.9 Å². The van der Waals surface area contributed by atoms with Crippen molar-refractivity contribution < 1.29 is 9.59 Å². The van der Waals surface area contributed by atoms with Gasteiger partial charge in [0.15, 0.2) is 0 Å². The lowest BCUT2D eigenvalue weighted by atomic mass is 10.1. The van der Waals surface area contributed by atoms with Crippen molar-refractivity contribution >= 4 is 23.6 Å². The van der Waals surface area contributed by atoms with Gasteiger partial charge in [-0.1, -0.05) is 0 Å². The van der Waals surface area contributed by atoms with Gasteiger partial charge in [-0.25, -0.2) is 0 Å². The molecule has 2 aliphatic heterocycles. The van der Waals surface area contributed by atoms with E-state index >= 15 is 0 Å². The van der Waals surface area contributed by atoms with Crippen LogP contribution in [-0.2, 0) is 9.59 Å². The van der Waals surface area contributed by atoms with Gasteiger partial charge >= 0.3 is 0 Å². The summed E-state index contributed by atoms with van der Waals surface area (Å²) < 4.78 is 0. The summed E-state index contributed by atoms with van der Waals surface area (Å²) in [5, 5.41) is 0. The number of likely N-dealkylation sites (tertiary alicyclic amines) is 2. The highest BCUT2D eigenvalue weighted by molar-refractivity contribution is 8.00. The van der Waals surface area contributed by atoms with Crippen molar-refractivity contribution in [2.24, 2.45) is 11.7 Å². The third-order valence-electron chi connectivity index (χ3n) is 4.47. The molecule has 0 bridgehead atoms. The predicted molar refractivity (Wildman–Crippen MR) is 86.1 cm³/mol. The van der Waals surface area contributed by atoms with Gasteiger partial charge in [0.05, 0.1) is 11.5 Å². The van der Waals surface area contributed by atoms with E-state index in [0.29, 0.717) is 24.0 Å². The van der Waals surface area contributed by atoms with E-state index in [1.165, 1.54) is 18.2 Å². The molecule has 0 radical (unpaired) electrons. The molecule has 0 aromatic heterocycles. The first kappa shape index (κ1) is 16.6. The summed E-state index contributed by atoms with van der Waals surface area (Å²) in [6.45, 7) is 5.27. The average Bonchev–Trinajstić information content (AvgIpc) is 2.89. The molecular formula is C15H27N3O2S. The van der Waals surface area contributed by atoms with E-state index in [4.69, 9.17) is 5.73 Å². The molecule has 2 amide bonds. The zero-order valence-corrected chi connectivity index (χ0v) is 13.7. The number of nitrogens with two attached hydrogens (primary N) is 1. The van der Waals surface area contributed by atoms with E-state index in [1.54, 1.807) is 0 Å². The van der Waals surface area contributed by atoms with E-state index in [0.717, 1.165) is 38.9 Å². The van der Waals surface area contributed by atoms with Crippen LogP contribution in [0.1, 0.15) is 32.6 Å². The molecular weight excluding hydrogens is 286 g/mol.